The van der Waals surface area contributed by atoms with Crippen LogP contribution >= 0.6 is 0 Å². The maximum Gasteiger partial charge on any atom is 0.416 e. The Kier molecular flexibility index (Phi) is 4.23. The third-order valence-electron chi connectivity index (χ3n) is 2.55. The Bertz CT molecular complexity index is 568. The van der Waals surface area contributed by atoms with Gasteiger partial charge >= 0.3 is 6.18 Å². The molecule has 20 heavy (non-hydrogen) atoms. The Labute approximate surface area is 113 Å². The lowest BCUT2D eigenvalue weighted by molar-refractivity contribution is -0.137. The zero-order valence-corrected chi connectivity index (χ0v) is 10.5. The van der Waals surface area contributed by atoms with Gasteiger partial charge in [0.2, 0.25) is 0 Å². The van der Waals surface area contributed by atoms with Crippen LogP contribution in [0.2, 0.25) is 0 Å². The van der Waals surface area contributed by atoms with Crippen LogP contribution in [0.1, 0.15) is 11.3 Å². The largest absolute Gasteiger partial charge is 0.492 e. The number of hydrogen-bond acceptors (Lipinski definition) is 4. The van der Waals surface area contributed by atoms with Gasteiger partial charge in [-0.05, 0) is 18.2 Å². The molecule has 0 unspecified atom stereocenters. The number of aromatic nitrogens is 3. The van der Waals surface area contributed by atoms with Gasteiger partial charge in [0.15, 0.2) is 0 Å². The van der Waals surface area contributed by atoms with Gasteiger partial charge in [-0.2, -0.15) is 13.2 Å². The van der Waals surface area contributed by atoms with Crippen molar-refractivity contribution in [3.8, 4) is 5.75 Å². The van der Waals surface area contributed by atoms with E-state index in [0.29, 0.717) is 12.2 Å². The summed E-state index contributed by atoms with van der Waals surface area (Å²) in [6, 6.07) is 4.74. The number of ether oxygens (including phenoxy) is 1. The van der Waals surface area contributed by atoms with Gasteiger partial charge in [-0.25, -0.2) is 4.68 Å². The summed E-state index contributed by atoms with van der Waals surface area (Å²) in [5.74, 6) is 0.166. The van der Waals surface area contributed by atoms with E-state index in [2.05, 4.69) is 10.3 Å². The van der Waals surface area contributed by atoms with Crippen molar-refractivity contribution in [2.75, 3.05) is 6.61 Å². The molecule has 0 amide bonds. The van der Waals surface area contributed by atoms with Crippen LogP contribution in [0.25, 0.3) is 0 Å². The highest BCUT2D eigenvalue weighted by Crippen LogP contribution is 2.31. The predicted octanol–water partition coefficient (Wildman–Crippen LogP) is 1.83. The summed E-state index contributed by atoms with van der Waals surface area (Å²) in [6.07, 6.45) is -2.71. The molecule has 2 rings (SSSR count). The molecule has 0 saturated heterocycles. The summed E-state index contributed by atoms with van der Waals surface area (Å²) in [6.45, 7) is 0.854. The molecule has 108 valence electrons. The molecular formula is C12H13F3N4O. The normalized spacial score (nSPS) is 11.6. The van der Waals surface area contributed by atoms with E-state index in [-0.39, 0.29) is 18.9 Å². The Morgan fingerprint density at radius 3 is 2.75 bits per heavy atom. The fourth-order valence-corrected chi connectivity index (χ4v) is 1.56. The Morgan fingerprint density at radius 1 is 1.30 bits per heavy atom. The number of alkyl halides is 3. The van der Waals surface area contributed by atoms with Crippen molar-refractivity contribution in [1.29, 1.82) is 0 Å². The van der Waals surface area contributed by atoms with Crippen LogP contribution in [-0.4, -0.2) is 21.6 Å². The Balaban J connectivity index is 1.91. The maximum atomic E-state index is 12.5. The molecule has 8 heteroatoms. The van der Waals surface area contributed by atoms with E-state index in [0.717, 1.165) is 12.1 Å². The van der Waals surface area contributed by atoms with Crippen molar-refractivity contribution in [3.05, 3.63) is 41.7 Å². The van der Waals surface area contributed by atoms with Crippen LogP contribution in [0, 0.1) is 0 Å². The Morgan fingerprint density at radius 2 is 2.10 bits per heavy atom. The van der Waals surface area contributed by atoms with Crippen LogP contribution in [0.15, 0.2) is 30.5 Å². The van der Waals surface area contributed by atoms with Gasteiger partial charge in [0.25, 0.3) is 0 Å². The SMILES string of the molecule is NCc1cn(CCOc2cccc(C(F)(F)F)c2)nn1. The second-order valence-electron chi connectivity index (χ2n) is 4.05. The maximum absolute atomic E-state index is 12.5. The molecule has 1 aromatic heterocycles. The fourth-order valence-electron chi connectivity index (χ4n) is 1.56. The van der Waals surface area contributed by atoms with Gasteiger partial charge in [0, 0.05) is 12.7 Å². The topological polar surface area (TPSA) is 66.0 Å². The average Bonchev–Trinajstić information content (AvgIpc) is 2.86. The number of nitrogens with zero attached hydrogens (tertiary/aromatic N) is 3. The van der Waals surface area contributed by atoms with Crippen molar-refractivity contribution in [2.24, 2.45) is 5.73 Å². The average molecular weight is 286 g/mol. The molecule has 0 aliphatic rings. The lowest BCUT2D eigenvalue weighted by Crippen LogP contribution is -2.10. The van der Waals surface area contributed by atoms with Gasteiger partial charge in [-0.1, -0.05) is 11.3 Å². The number of rotatable bonds is 5. The number of hydrogen-bond donors (Lipinski definition) is 1. The minimum absolute atomic E-state index is 0.166. The standard InChI is InChI=1S/C12H13F3N4O/c13-12(14,15)9-2-1-3-11(6-9)20-5-4-19-8-10(7-16)17-18-19/h1-3,6,8H,4-5,7,16H2. The van der Waals surface area contributed by atoms with E-state index < -0.39 is 11.7 Å². The first-order valence-corrected chi connectivity index (χ1v) is 5.88. The molecule has 0 aliphatic heterocycles. The molecule has 0 atom stereocenters. The van der Waals surface area contributed by atoms with Crippen LogP contribution in [-0.2, 0) is 19.3 Å². The van der Waals surface area contributed by atoms with E-state index in [9.17, 15) is 13.2 Å². The first-order valence-electron chi connectivity index (χ1n) is 5.88. The van der Waals surface area contributed by atoms with Crippen molar-refractivity contribution in [1.82, 2.24) is 15.0 Å². The molecule has 0 aliphatic carbocycles. The summed E-state index contributed by atoms with van der Waals surface area (Å²) in [4.78, 5) is 0. The number of nitrogens with two attached hydrogens (primary N) is 1. The summed E-state index contributed by atoms with van der Waals surface area (Å²) < 4.78 is 44.3. The van der Waals surface area contributed by atoms with Gasteiger partial charge < -0.3 is 10.5 Å². The van der Waals surface area contributed by atoms with Gasteiger partial charge in [0.05, 0.1) is 17.8 Å². The highest BCUT2D eigenvalue weighted by atomic mass is 19.4. The lowest BCUT2D eigenvalue weighted by Gasteiger charge is -2.10. The molecule has 0 bridgehead atoms. The smallest absolute Gasteiger partial charge is 0.416 e. The monoisotopic (exact) mass is 286 g/mol. The molecule has 0 spiro atoms. The summed E-state index contributed by atoms with van der Waals surface area (Å²) in [5.41, 5.74) is 5.29. The first-order chi connectivity index (χ1) is 9.49. The summed E-state index contributed by atoms with van der Waals surface area (Å²) >= 11 is 0. The Hall–Kier alpha value is -2.09. The van der Waals surface area contributed by atoms with Crippen LogP contribution < -0.4 is 10.5 Å². The fraction of sp³-hybridized carbons (Fsp3) is 0.333. The van der Waals surface area contributed by atoms with Crippen molar-refractivity contribution >= 4 is 0 Å². The van der Waals surface area contributed by atoms with E-state index in [1.54, 1.807) is 6.20 Å². The summed E-state index contributed by atoms with van der Waals surface area (Å²) in [7, 11) is 0. The highest BCUT2D eigenvalue weighted by molar-refractivity contribution is 5.30. The van der Waals surface area contributed by atoms with E-state index in [4.69, 9.17) is 10.5 Å². The zero-order valence-electron chi connectivity index (χ0n) is 10.5. The molecule has 0 fully saturated rings. The van der Waals surface area contributed by atoms with Gasteiger partial charge in [0.1, 0.15) is 12.4 Å². The highest BCUT2D eigenvalue weighted by Gasteiger charge is 2.30. The van der Waals surface area contributed by atoms with Crippen LogP contribution in [0.5, 0.6) is 5.75 Å². The molecule has 2 aromatic rings. The second-order valence-corrected chi connectivity index (χ2v) is 4.05. The van der Waals surface area contributed by atoms with E-state index in [1.807, 2.05) is 0 Å². The predicted molar refractivity (Wildman–Crippen MR) is 64.9 cm³/mol. The molecule has 1 aromatic carbocycles. The van der Waals surface area contributed by atoms with Crippen molar-refractivity contribution < 1.29 is 17.9 Å². The molecule has 1 heterocycles. The van der Waals surface area contributed by atoms with Crippen molar-refractivity contribution in [3.63, 3.8) is 0 Å². The lowest BCUT2D eigenvalue weighted by atomic mass is 10.2. The molecule has 0 radical (unpaired) electrons. The third kappa shape index (κ3) is 3.70. The number of halogens is 3. The van der Waals surface area contributed by atoms with E-state index >= 15 is 0 Å². The third-order valence-corrected chi connectivity index (χ3v) is 2.55. The zero-order chi connectivity index (χ0) is 14.6. The first kappa shape index (κ1) is 14.3. The van der Waals surface area contributed by atoms with Gasteiger partial charge in [-0.15, -0.1) is 5.10 Å². The number of benzene rings is 1. The molecule has 0 saturated carbocycles. The van der Waals surface area contributed by atoms with E-state index in [1.165, 1.54) is 16.8 Å². The second kappa shape index (κ2) is 5.91. The minimum atomic E-state index is -4.37. The quantitative estimate of drug-likeness (QED) is 0.910. The van der Waals surface area contributed by atoms with Gasteiger partial charge in [-0.3, -0.25) is 0 Å². The molecule has 2 N–H and O–H groups in total. The minimum Gasteiger partial charge on any atom is -0.492 e. The van der Waals surface area contributed by atoms with Crippen molar-refractivity contribution in [2.45, 2.75) is 19.3 Å². The molecular weight excluding hydrogens is 273 g/mol. The van der Waals surface area contributed by atoms with Crippen LogP contribution in [0.4, 0.5) is 13.2 Å². The van der Waals surface area contributed by atoms with Crippen LogP contribution in [0.3, 0.4) is 0 Å². The summed E-state index contributed by atoms with van der Waals surface area (Å²) in [5, 5.41) is 7.59. The molecule has 5 nitrogen and oxygen atoms in total.